The Balaban J connectivity index is 4.26. The molecule has 0 spiro atoms. The second-order valence-electron chi connectivity index (χ2n) is 3.83. The summed E-state index contributed by atoms with van der Waals surface area (Å²) >= 11 is 0. The smallest absolute Gasteiger partial charge is 0.207 e. The minimum absolute atomic E-state index is 0.0696. The summed E-state index contributed by atoms with van der Waals surface area (Å²) in [5.74, 6) is -2.56. The Labute approximate surface area is 85.7 Å². The van der Waals surface area contributed by atoms with Crippen LogP contribution in [0.1, 0.15) is 46.5 Å². The molecule has 2 heteroatoms. The average Bonchev–Trinajstić information content (AvgIpc) is 2.09. The highest BCUT2D eigenvalue weighted by Crippen LogP contribution is 2.24. The van der Waals surface area contributed by atoms with Crippen molar-refractivity contribution in [2.24, 2.45) is 0 Å². The van der Waals surface area contributed by atoms with Crippen LogP contribution in [0.4, 0.5) is 8.78 Å². The van der Waals surface area contributed by atoms with E-state index in [0.717, 1.165) is 30.9 Å². The Morgan fingerprint density at radius 3 is 2.29 bits per heavy atom. The molecule has 0 aliphatic rings. The molecule has 0 unspecified atom stereocenters. The van der Waals surface area contributed by atoms with Crippen LogP contribution < -0.4 is 0 Å². The molecular formula is C12H20F2. The van der Waals surface area contributed by atoms with Gasteiger partial charge >= 0.3 is 0 Å². The van der Waals surface area contributed by atoms with Crippen molar-refractivity contribution in [1.82, 2.24) is 0 Å². The van der Waals surface area contributed by atoms with Gasteiger partial charge in [-0.2, -0.15) is 0 Å². The molecule has 0 heterocycles. The molecule has 0 radical (unpaired) electrons. The Bertz CT molecular complexity index is 209. The van der Waals surface area contributed by atoms with E-state index in [1.807, 2.05) is 6.92 Å². The number of alkyl halides is 2. The van der Waals surface area contributed by atoms with Crippen LogP contribution >= 0.6 is 0 Å². The molecule has 0 amide bonds. The molecule has 0 aliphatic heterocycles. The first-order chi connectivity index (χ1) is 6.40. The standard InChI is InChI=1S/C12H20F2/c1-5-7-11(6-2)10(3)8-9-12(4,13)14/h6H,2,5,7-9H2,1,3-4H3. The molecule has 0 aromatic carbocycles. The van der Waals surface area contributed by atoms with Crippen LogP contribution in [0.5, 0.6) is 0 Å². The van der Waals surface area contributed by atoms with Gasteiger partial charge in [0.2, 0.25) is 5.92 Å². The largest absolute Gasteiger partial charge is 0.245 e. The lowest BCUT2D eigenvalue weighted by molar-refractivity contribution is 0.0133. The van der Waals surface area contributed by atoms with Gasteiger partial charge in [0.1, 0.15) is 0 Å². The highest BCUT2D eigenvalue weighted by Gasteiger charge is 2.20. The van der Waals surface area contributed by atoms with Crippen molar-refractivity contribution >= 4 is 0 Å². The second kappa shape index (κ2) is 5.94. The maximum atomic E-state index is 12.6. The van der Waals surface area contributed by atoms with Crippen molar-refractivity contribution in [3.05, 3.63) is 23.8 Å². The summed E-state index contributed by atoms with van der Waals surface area (Å²) in [6.45, 7) is 8.66. The van der Waals surface area contributed by atoms with Gasteiger partial charge in [-0.05, 0) is 32.3 Å². The third-order valence-corrected chi connectivity index (χ3v) is 2.25. The summed E-state index contributed by atoms with van der Waals surface area (Å²) in [5, 5.41) is 0. The monoisotopic (exact) mass is 202 g/mol. The van der Waals surface area contributed by atoms with Crippen molar-refractivity contribution in [2.45, 2.75) is 52.4 Å². The van der Waals surface area contributed by atoms with Crippen LogP contribution in [0, 0.1) is 0 Å². The fraction of sp³-hybridized carbons (Fsp3) is 0.667. The first-order valence-corrected chi connectivity index (χ1v) is 5.09. The van der Waals surface area contributed by atoms with Crippen LogP contribution in [0.3, 0.4) is 0 Å². The SMILES string of the molecule is C=CC(CCC)=C(C)CCC(C)(F)F. The number of hydrogen-bond acceptors (Lipinski definition) is 0. The van der Waals surface area contributed by atoms with E-state index in [1.54, 1.807) is 6.08 Å². The molecule has 0 saturated heterocycles. The molecule has 0 fully saturated rings. The van der Waals surface area contributed by atoms with Crippen LogP contribution in [0.15, 0.2) is 23.8 Å². The molecular weight excluding hydrogens is 182 g/mol. The fourth-order valence-corrected chi connectivity index (χ4v) is 1.33. The molecule has 0 aromatic heterocycles. The third kappa shape index (κ3) is 5.90. The second-order valence-corrected chi connectivity index (χ2v) is 3.83. The maximum absolute atomic E-state index is 12.6. The Morgan fingerprint density at radius 2 is 1.93 bits per heavy atom. The average molecular weight is 202 g/mol. The fourth-order valence-electron chi connectivity index (χ4n) is 1.33. The zero-order valence-electron chi connectivity index (χ0n) is 9.37. The zero-order valence-corrected chi connectivity index (χ0v) is 9.37. The van der Waals surface area contributed by atoms with E-state index >= 15 is 0 Å². The Hall–Kier alpha value is -0.660. The van der Waals surface area contributed by atoms with E-state index in [2.05, 4.69) is 13.5 Å². The van der Waals surface area contributed by atoms with Gasteiger partial charge in [0, 0.05) is 6.42 Å². The molecule has 0 bridgehead atoms. The molecule has 0 aromatic rings. The number of halogens is 2. The lowest BCUT2D eigenvalue weighted by Gasteiger charge is -2.12. The van der Waals surface area contributed by atoms with Crippen molar-refractivity contribution in [1.29, 1.82) is 0 Å². The number of hydrogen-bond donors (Lipinski definition) is 0. The van der Waals surface area contributed by atoms with Gasteiger partial charge in [0.05, 0.1) is 0 Å². The first kappa shape index (κ1) is 13.3. The molecule has 0 nitrogen and oxygen atoms in total. The quantitative estimate of drug-likeness (QED) is 0.546. The molecule has 0 aliphatic carbocycles. The van der Waals surface area contributed by atoms with E-state index in [1.165, 1.54) is 0 Å². The predicted octanol–water partition coefficient (Wildman–Crippen LogP) is 4.72. The van der Waals surface area contributed by atoms with Gasteiger partial charge in [0.25, 0.3) is 0 Å². The lowest BCUT2D eigenvalue weighted by Crippen LogP contribution is -2.09. The Morgan fingerprint density at radius 1 is 1.36 bits per heavy atom. The highest BCUT2D eigenvalue weighted by atomic mass is 19.3. The number of allylic oxidation sites excluding steroid dienone is 3. The molecule has 82 valence electrons. The van der Waals surface area contributed by atoms with E-state index < -0.39 is 5.92 Å². The zero-order chi connectivity index (χ0) is 11.2. The molecule has 0 N–H and O–H groups in total. The van der Waals surface area contributed by atoms with E-state index in [0.29, 0.717) is 6.42 Å². The van der Waals surface area contributed by atoms with Gasteiger partial charge < -0.3 is 0 Å². The minimum Gasteiger partial charge on any atom is -0.207 e. The summed E-state index contributed by atoms with van der Waals surface area (Å²) in [7, 11) is 0. The minimum atomic E-state index is -2.56. The van der Waals surface area contributed by atoms with Gasteiger partial charge in [0.15, 0.2) is 0 Å². The first-order valence-electron chi connectivity index (χ1n) is 5.09. The van der Waals surface area contributed by atoms with Crippen molar-refractivity contribution in [3.63, 3.8) is 0 Å². The normalized spacial score (nSPS) is 13.8. The molecule has 0 saturated carbocycles. The summed E-state index contributed by atoms with van der Waals surface area (Å²) < 4.78 is 25.2. The van der Waals surface area contributed by atoms with Crippen molar-refractivity contribution in [2.75, 3.05) is 0 Å². The Kier molecular flexibility index (Phi) is 5.66. The van der Waals surface area contributed by atoms with Gasteiger partial charge in [-0.3, -0.25) is 0 Å². The maximum Gasteiger partial charge on any atom is 0.245 e. The van der Waals surface area contributed by atoms with Gasteiger partial charge in [-0.1, -0.05) is 31.6 Å². The van der Waals surface area contributed by atoms with Crippen LogP contribution in [-0.4, -0.2) is 5.92 Å². The highest BCUT2D eigenvalue weighted by molar-refractivity contribution is 5.22. The molecule has 0 atom stereocenters. The topological polar surface area (TPSA) is 0 Å². The van der Waals surface area contributed by atoms with Crippen LogP contribution in [0.25, 0.3) is 0 Å². The van der Waals surface area contributed by atoms with Crippen LogP contribution in [0.2, 0.25) is 0 Å². The van der Waals surface area contributed by atoms with E-state index in [-0.39, 0.29) is 6.42 Å². The molecule has 14 heavy (non-hydrogen) atoms. The van der Waals surface area contributed by atoms with E-state index in [9.17, 15) is 8.78 Å². The summed E-state index contributed by atoms with van der Waals surface area (Å²) in [6, 6.07) is 0. The van der Waals surface area contributed by atoms with Crippen molar-refractivity contribution in [3.8, 4) is 0 Å². The van der Waals surface area contributed by atoms with Crippen molar-refractivity contribution < 1.29 is 8.78 Å². The van der Waals surface area contributed by atoms with Gasteiger partial charge in [-0.15, -0.1) is 0 Å². The number of rotatable bonds is 6. The summed E-state index contributed by atoms with van der Waals surface area (Å²) in [4.78, 5) is 0. The molecule has 0 rings (SSSR count). The van der Waals surface area contributed by atoms with E-state index in [4.69, 9.17) is 0 Å². The van der Waals surface area contributed by atoms with Gasteiger partial charge in [-0.25, -0.2) is 8.78 Å². The predicted molar refractivity (Wildman–Crippen MR) is 57.7 cm³/mol. The van der Waals surface area contributed by atoms with Crippen LogP contribution in [-0.2, 0) is 0 Å². The lowest BCUT2D eigenvalue weighted by atomic mass is 10.00. The summed E-state index contributed by atoms with van der Waals surface area (Å²) in [6.07, 6.45) is 4.14. The summed E-state index contributed by atoms with van der Waals surface area (Å²) in [5.41, 5.74) is 2.17. The third-order valence-electron chi connectivity index (χ3n) is 2.25.